The molecule has 1 N–H and O–H groups in total. The van der Waals surface area contributed by atoms with Crippen LogP contribution in [0, 0.1) is 20.8 Å². The largest absolute Gasteiger partial charge is 0.466 e. The topological polar surface area (TPSA) is 76.4 Å². The molecule has 1 aromatic rings. The van der Waals surface area contributed by atoms with Crippen LogP contribution in [0.5, 0.6) is 0 Å². The van der Waals surface area contributed by atoms with E-state index in [0.29, 0.717) is 17.7 Å². The first-order valence-electron chi connectivity index (χ1n) is 5.88. The average Bonchev–Trinajstić information content (AvgIpc) is 2.68. The van der Waals surface area contributed by atoms with E-state index in [1.165, 1.54) is 0 Å². The summed E-state index contributed by atoms with van der Waals surface area (Å²) in [6.07, 6.45) is 0.489. The second kappa shape index (κ2) is 4.42. The number of carbonyl (C=O) groups excluding carboxylic acids is 1. The predicted molar refractivity (Wildman–Crippen MR) is 67.4 cm³/mol. The van der Waals surface area contributed by atoms with Crippen LogP contribution in [0.15, 0.2) is 4.42 Å². The fourth-order valence-electron chi connectivity index (χ4n) is 2.29. The molecular weight excluding hydrogens is 254 g/mol. The lowest BCUT2D eigenvalue weighted by molar-refractivity contribution is 0.0939. The molecule has 0 saturated carbocycles. The van der Waals surface area contributed by atoms with E-state index in [4.69, 9.17) is 4.42 Å². The minimum absolute atomic E-state index is 0.0354. The zero-order valence-electron chi connectivity index (χ0n) is 10.7. The number of furan rings is 1. The van der Waals surface area contributed by atoms with Crippen LogP contribution >= 0.6 is 0 Å². The molecule has 1 atom stereocenters. The molecule has 18 heavy (non-hydrogen) atoms. The van der Waals surface area contributed by atoms with E-state index in [-0.39, 0.29) is 23.5 Å². The van der Waals surface area contributed by atoms with Gasteiger partial charge in [-0.3, -0.25) is 4.79 Å². The Labute approximate surface area is 106 Å². The number of sulfone groups is 1. The molecule has 0 aliphatic carbocycles. The fraction of sp³-hybridized carbons (Fsp3) is 0.583. The van der Waals surface area contributed by atoms with Gasteiger partial charge < -0.3 is 9.73 Å². The Morgan fingerprint density at radius 2 is 1.94 bits per heavy atom. The Hall–Kier alpha value is -1.30. The molecule has 1 amide bonds. The fourth-order valence-corrected chi connectivity index (χ4v) is 3.97. The Morgan fingerprint density at radius 1 is 1.28 bits per heavy atom. The zero-order chi connectivity index (χ0) is 13.5. The Balaban J connectivity index is 2.14. The van der Waals surface area contributed by atoms with Gasteiger partial charge in [-0.05, 0) is 27.2 Å². The SMILES string of the molecule is Cc1oc(C)c(C(=O)N[C@H]2CCS(=O)(=O)C2)c1C. The summed E-state index contributed by atoms with van der Waals surface area (Å²) in [5.41, 5.74) is 1.34. The molecule has 6 heteroatoms. The van der Waals surface area contributed by atoms with Crippen LogP contribution in [0.25, 0.3) is 0 Å². The summed E-state index contributed by atoms with van der Waals surface area (Å²) in [4.78, 5) is 12.1. The van der Waals surface area contributed by atoms with Crippen molar-refractivity contribution in [3.8, 4) is 0 Å². The summed E-state index contributed by atoms with van der Waals surface area (Å²) in [7, 11) is -2.98. The summed E-state index contributed by atoms with van der Waals surface area (Å²) in [6, 6.07) is -0.281. The molecule has 1 saturated heterocycles. The lowest BCUT2D eigenvalue weighted by Crippen LogP contribution is -2.36. The maximum atomic E-state index is 12.1. The summed E-state index contributed by atoms with van der Waals surface area (Å²) in [5, 5.41) is 2.77. The molecule has 1 aliphatic heterocycles. The van der Waals surface area contributed by atoms with Gasteiger partial charge in [0.25, 0.3) is 5.91 Å². The van der Waals surface area contributed by atoms with Gasteiger partial charge in [0, 0.05) is 11.6 Å². The van der Waals surface area contributed by atoms with Gasteiger partial charge in [-0.2, -0.15) is 0 Å². The molecule has 2 heterocycles. The van der Waals surface area contributed by atoms with E-state index in [1.807, 2.05) is 6.92 Å². The molecule has 1 fully saturated rings. The maximum absolute atomic E-state index is 12.1. The first kappa shape index (κ1) is 13.1. The molecule has 0 unspecified atom stereocenters. The third-order valence-electron chi connectivity index (χ3n) is 3.36. The third-order valence-corrected chi connectivity index (χ3v) is 5.12. The lowest BCUT2D eigenvalue weighted by atomic mass is 10.1. The molecule has 0 bridgehead atoms. The van der Waals surface area contributed by atoms with Crippen molar-refractivity contribution in [2.24, 2.45) is 0 Å². The molecule has 0 aromatic carbocycles. The van der Waals surface area contributed by atoms with E-state index in [1.54, 1.807) is 13.8 Å². The van der Waals surface area contributed by atoms with Crippen molar-refractivity contribution in [2.45, 2.75) is 33.2 Å². The minimum Gasteiger partial charge on any atom is -0.466 e. The van der Waals surface area contributed by atoms with Gasteiger partial charge in [0.2, 0.25) is 0 Å². The van der Waals surface area contributed by atoms with Crippen LogP contribution in [0.2, 0.25) is 0 Å². The van der Waals surface area contributed by atoms with Crippen molar-refractivity contribution >= 4 is 15.7 Å². The van der Waals surface area contributed by atoms with Crippen LogP contribution in [0.3, 0.4) is 0 Å². The Bertz CT molecular complexity index is 585. The van der Waals surface area contributed by atoms with Crippen LogP contribution in [-0.4, -0.2) is 31.9 Å². The van der Waals surface area contributed by atoms with E-state index in [0.717, 1.165) is 11.3 Å². The van der Waals surface area contributed by atoms with Crippen molar-refractivity contribution in [2.75, 3.05) is 11.5 Å². The van der Waals surface area contributed by atoms with Gasteiger partial charge in [0.05, 0.1) is 17.1 Å². The van der Waals surface area contributed by atoms with Crippen molar-refractivity contribution < 1.29 is 17.6 Å². The highest BCUT2D eigenvalue weighted by molar-refractivity contribution is 7.91. The predicted octanol–water partition coefficient (Wildman–Crippen LogP) is 1.12. The molecule has 100 valence electrons. The van der Waals surface area contributed by atoms with Crippen LogP contribution in [0.4, 0.5) is 0 Å². The number of rotatable bonds is 2. The second-order valence-corrected chi connectivity index (χ2v) is 7.02. The summed E-state index contributed by atoms with van der Waals surface area (Å²) in [5.74, 6) is 1.23. The molecule has 1 aliphatic rings. The molecule has 0 radical (unpaired) electrons. The van der Waals surface area contributed by atoms with E-state index >= 15 is 0 Å². The number of hydrogen-bond acceptors (Lipinski definition) is 4. The van der Waals surface area contributed by atoms with Crippen molar-refractivity contribution in [3.05, 3.63) is 22.6 Å². The highest BCUT2D eigenvalue weighted by atomic mass is 32.2. The van der Waals surface area contributed by atoms with E-state index in [2.05, 4.69) is 5.32 Å². The molecule has 0 spiro atoms. The summed E-state index contributed by atoms with van der Waals surface area (Å²) in [6.45, 7) is 5.37. The van der Waals surface area contributed by atoms with Gasteiger partial charge in [0.1, 0.15) is 11.5 Å². The van der Waals surface area contributed by atoms with Crippen LogP contribution < -0.4 is 5.32 Å². The Kier molecular flexibility index (Phi) is 3.23. The van der Waals surface area contributed by atoms with Gasteiger partial charge in [0.15, 0.2) is 9.84 Å². The van der Waals surface area contributed by atoms with Crippen LogP contribution in [-0.2, 0) is 9.84 Å². The average molecular weight is 271 g/mol. The van der Waals surface area contributed by atoms with Crippen molar-refractivity contribution in [1.29, 1.82) is 0 Å². The highest BCUT2D eigenvalue weighted by Crippen LogP contribution is 2.21. The maximum Gasteiger partial charge on any atom is 0.255 e. The quantitative estimate of drug-likeness (QED) is 0.874. The van der Waals surface area contributed by atoms with Gasteiger partial charge in [-0.25, -0.2) is 8.42 Å². The first-order valence-corrected chi connectivity index (χ1v) is 7.70. The second-order valence-electron chi connectivity index (χ2n) is 4.79. The van der Waals surface area contributed by atoms with Crippen molar-refractivity contribution in [3.63, 3.8) is 0 Å². The first-order chi connectivity index (χ1) is 8.30. The monoisotopic (exact) mass is 271 g/mol. The minimum atomic E-state index is -2.98. The number of amides is 1. The highest BCUT2D eigenvalue weighted by Gasteiger charge is 2.30. The molecular formula is C12H17NO4S. The normalized spacial score (nSPS) is 22.1. The van der Waals surface area contributed by atoms with Crippen LogP contribution in [0.1, 0.15) is 33.9 Å². The molecule has 1 aromatic heterocycles. The van der Waals surface area contributed by atoms with Crippen molar-refractivity contribution in [1.82, 2.24) is 5.32 Å². The van der Waals surface area contributed by atoms with Gasteiger partial charge >= 0.3 is 0 Å². The zero-order valence-corrected chi connectivity index (χ0v) is 11.6. The van der Waals surface area contributed by atoms with Gasteiger partial charge in [-0.15, -0.1) is 0 Å². The number of hydrogen-bond donors (Lipinski definition) is 1. The smallest absolute Gasteiger partial charge is 0.255 e. The summed E-state index contributed by atoms with van der Waals surface area (Å²) >= 11 is 0. The standard InChI is InChI=1S/C12H17NO4S/c1-7-8(2)17-9(3)11(7)12(14)13-10-4-5-18(15,16)6-10/h10H,4-6H2,1-3H3,(H,13,14)/t10-/m0/s1. The molecule has 2 rings (SSSR count). The van der Waals surface area contributed by atoms with E-state index in [9.17, 15) is 13.2 Å². The number of carbonyl (C=O) groups is 1. The third kappa shape index (κ3) is 2.43. The number of aryl methyl sites for hydroxylation is 2. The summed E-state index contributed by atoms with van der Waals surface area (Å²) < 4.78 is 28.0. The van der Waals surface area contributed by atoms with E-state index < -0.39 is 9.84 Å². The van der Waals surface area contributed by atoms with Gasteiger partial charge in [-0.1, -0.05) is 0 Å². The number of nitrogens with one attached hydrogen (secondary N) is 1. The molecule has 5 nitrogen and oxygen atoms in total. The lowest BCUT2D eigenvalue weighted by Gasteiger charge is -2.10. The Morgan fingerprint density at radius 3 is 2.39 bits per heavy atom.